The van der Waals surface area contributed by atoms with E-state index in [4.69, 9.17) is 0 Å². The molecule has 0 saturated heterocycles. The third-order valence-electron chi connectivity index (χ3n) is 3.08. The first kappa shape index (κ1) is 16.2. The molecule has 0 spiro atoms. The number of ether oxygens (including phenoxy) is 2. The van der Waals surface area contributed by atoms with Gasteiger partial charge in [0.05, 0.1) is 26.0 Å². The molecule has 0 aliphatic rings. The average molecular weight is 316 g/mol. The first-order valence-corrected chi connectivity index (χ1v) is 6.65. The first-order valence-electron chi connectivity index (χ1n) is 6.65. The van der Waals surface area contributed by atoms with Crippen LogP contribution in [0.1, 0.15) is 5.56 Å². The van der Waals surface area contributed by atoms with Gasteiger partial charge in [-0.25, -0.2) is 9.59 Å². The summed E-state index contributed by atoms with van der Waals surface area (Å²) in [6.07, 6.45) is 4.15. The van der Waals surface area contributed by atoms with Gasteiger partial charge in [-0.15, -0.1) is 10.2 Å². The van der Waals surface area contributed by atoms with Gasteiger partial charge in [-0.1, -0.05) is 6.07 Å². The minimum Gasteiger partial charge on any atom is -0.466 e. The van der Waals surface area contributed by atoms with Crippen molar-refractivity contribution in [3.05, 3.63) is 48.2 Å². The molecule has 23 heavy (non-hydrogen) atoms. The van der Waals surface area contributed by atoms with Gasteiger partial charge < -0.3 is 14.8 Å². The van der Waals surface area contributed by atoms with Crippen molar-refractivity contribution in [2.45, 2.75) is 6.92 Å². The van der Waals surface area contributed by atoms with Crippen LogP contribution in [-0.4, -0.2) is 40.9 Å². The number of carbonyl (C=O) groups excluding carboxylic acids is 2. The molecule has 120 valence electrons. The zero-order chi connectivity index (χ0) is 16.8. The van der Waals surface area contributed by atoms with Crippen LogP contribution < -0.4 is 5.32 Å². The molecule has 0 bridgehead atoms. The fraction of sp³-hybridized carbons (Fsp3) is 0.200. The molecule has 0 saturated carbocycles. The van der Waals surface area contributed by atoms with Crippen LogP contribution in [-0.2, 0) is 19.1 Å². The molecule has 2 aromatic rings. The van der Waals surface area contributed by atoms with Crippen LogP contribution in [0.4, 0.5) is 5.69 Å². The summed E-state index contributed by atoms with van der Waals surface area (Å²) in [7, 11) is 2.46. The number of hydrogen-bond donors (Lipinski definition) is 1. The van der Waals surface area contributed by atoms with E-state index >= 15 is 0 Å². The predicted molar refractivity (Wildman–Crippen MR) is 81.8 cm³/mol. The molecule has 1 aromatic carbocycles. The van der Waals surface area contributed by atoms with E-state index < -0.39 is 11.9 Å². The summed E-state index contributed by atoms with van der Waals surface area (Å²) in [4.78, 5) is 23.2. The Bertz CT molecular complexity index is 738. The lowest BCUT2D eigenvalue weighted by atomic mass is 10.1. The summed E-state index contributed by atoms with van der Waals surface area (Å²) < 4.78 is 10.9. The summed E-state index contributed by atoms with van der Waals surface area (Å²) in [5, 5.41) is 10.4. The highest BCUT2D eigenvalue weighted by molar-refractivity contribution is 5.98. The van der Waals surface area contributed by atoms with Crippen molar-refractivity contribution in [3.8, 4) is 5.69 Å². The van der Waals surface area contributed by atoms with Crippen LogP contribution in [0.5, 0.6) is 0 Å². The van der Waals surface area contributed by atoms with E-state index in [9.17, 15) is 9.59 Å². The highest BCUT2D eigenvalue weighted by Crippen LogP contribution is 2.21. The summed E-state index contributed by atoms with van der Waals surface area (Å²) in [6, 6.07) is 5.54. The number of aromatic nitrogens is 3. The maximum Gasteiger partial charge on any atom is 0.354 e. The van der Waals surface area contributed by atoms with E-state index in [0.717, 1.165) is 17.3 Å². The summed E-state index contributed by atoms with van der Waals surface area (Å²) in [5.41, 5.74) is 2.28. The largest absolute Gasteiger partial charge is 0.466 e. The van der Waals surface area contributed by atoms with Crippen molar-refractivity contribution in [1.82, 2.24) is 14.8 Å². The Labute approximate surface area is 132 Å². The minimum atomic E-state index is -0.676. The molecule has 0 atom stereocenters. The quantitative estimate of drug-likeness (QED) is 0.654. The highest BCUT2D eigenvalue weighted by atomic mass is 16.5. The molecule has 0 amide bonds. The number of rotatable bonds is 5. The summed E-state index contributed by atoms with van der Waals surface area (Å²) in [6.45, 7) is 1.87. The Morgan fingerprint density at radius 2 is 1.87 bits per heavy atom. The fourth-order valence-corrected chi connectivity index (χ4v) is 1.82. The Morgan fingerprint density at radius 1 is 1.17 bits per heavy atom. The molecule has 1 N–H and O–H groups in total. The molecule has 0 fully saturated rings. The monoisotopic (exact) mass is 316 g/mol. The van der Waals surface area contributed by atoms with Gasteiger partial charge in [-0.2, -0.15) is 0 Å². The van der Waals surface area contributed by atoms with E-state index in [-0.39, 0.29) is 5.70 Å². The topological polar surface area (TPSA) is 95.3 Å². The number of anilines is 1. The zero-order valence-electron chi connectivity index (χ0n) is 12.9. The number of nitrogens with one attached hydrogen (secondary N) is 1. The van der Waals surface area contributed by atoms with Gasteiger partial charge in [0.1, 0.15) is 18.4 Å². The van der Waals surface area contributed by atoms with Crippen LogP contribution in [0.15, 0.2) is 42.6 Å². The lowest BCUT2D eigenvalue weighted by molar-refractivity contribution is -0.138. The number of carbonyl (C=O) groups is 2. The van der Waals surface area contributed by atoms with Crippen molar-refractivity contribution >= 4 is 17.6 Å². The molecule has 0 aliphatic heterocycles. The number of benzene rings is 1. The number of hydrogen-bond acceptors (Lipinski definition) is 7. The van der Waals surface area contributed by atoms with Crippen LogP contribution in [0.2, 0.25) is 0 Å². The van der Waals surface area contributed by atoms with Gasteiger partial charge >= 0.3 is 11.9 Å². The molecule has 8 nitrogen and oxygen atoms in total. The van der Waals surface area contributed by atoms with Crippen molar-refractivity contribution in [2.24, 2.45) is 0 Å². The maximum absolute atomic E-state index is 11.8. The zero-order valence-corrected chi connectivity index (χ0v) is 12.9. The van der Waals surface area contributed by atoms with E-state index in [1.165, 1.54) is 14.2 Å². The first-order chi connectivity index (χ1) is 11.0. The normalized spacial score (nSPS) is 11.0. The van der Waals surface area contributed by atoms with Gasteiger partial charge in [-0.05, 0) is 24.6 Å². The number of esters is 2. The van der Waals surface area contributed by atoms with Crippen LogP contribution in [0, 0.1) is 6.92 Å². The molecule has 1 heterocycles. The molecular formula is C15H16N4O4. The Hall–Kier alpha value is -3.16. The predicted octanol–water partition coefficient (Wildman–Crippen LogP) is 1.22. The Kier molecular flexibility index (Phi) is 5.08. The van der Waals surface area contributed by atoms with Gasteiger partial charge in [0.25, 0.3) is 0 Å². The second-order valence-corrected chi connectivity index (χ2v) is 4.57. The van der Waals surface area contributed by atoms with E-state index in [1.54, 1.807) is 23.3 Å². The van der Waals surface area contributed by atoms with Crippen molar-refractivity contribution < 1.29 is 19.1 Å². The molecule has 0 aliphatic carbocycles. The SMILES string of the molecule is COC(=O)/C=C(/Nc1cc(-n2cnnc2)ccc1C)C(=O)OC. The van der Waals surface area contributed by atoms with Gasteiger partial charge in [0.2, 0.25) is 0 Å². The molecule has 2 rings (SSSR count). The summed E-state index contributed by atoms with van der Waals surface area (Å²) >= 11 is 0. The second kappa shape index (κ2) is 7.21. The van der Waals surface area contributed by atoms with E-state index in [2.05, 4.69) is 25.0 Å². The molecule has 8 heteroatoms. The lowest BCUT2D eigenvalue weighted by Gasteiger charge is -2.13. The van der Waals surface area contributed by atoms with Crippen LogP contribution in [0.3, 0.4) is 0 Å². The van der Waals surface area contributed by atoms with Crippen molar-refractivity contribution in [1.29, 1.82) is 0 Å². The van der Waals surface area contributed by atoms with Crippen molar-refractivity contribution in [2.75, 3.05) is 19.5 Å². The third-order valence-corrected chi connectivity index (χ3v) is 3.08. The van der Waals surface area contributed by atoms with Crippen LogP contribution >= 0.6 is 0 Å². The van der Waals surface area contributed by atoms with Gasteiger partial charge in [0.15, 0.2) is 0 Å². The van der Waals surface area contributed by atoms with E-state index in [1.807, 2.05) is 19.1 Å². The average Bonchev–Trinajstić information content (AvgIpc) is 3.09. The molecular weight excluding hydrogens is 300 g/mol. The Balaban J connectivity index is 2.36. The molecule has 0 unspecified atom stereocenters. The fourth-order valence-electron chi connectivity index (χ4n) is 1.82. The number of nitrogens with zero attached hydrogens (tertiary/aromatic N) is 3. The maximum atomic E-state index is 11.8. The van der Waals surface area contributed by atoms with Gasteiger partial charge in [0, 0.05) is 5.69 Å². The smallest absolute Gasteiger partial charge is 0.354 e. The summed E-state index contributed by atoms with van der Waals surface area (Å²) in [5.74, 6) is -1.34. The molecule has 0 radical (unpaired) electrons. The van der Waals surface area contributed by atoms with E-state index in [0.29, 0.717) is 5.69 Å². The second-order valence-electron chi connectivity index (χ2n) is 4.57. The Morgan fingerprint density at radius 3 is 2.48 bits per heavy atom. The minimum absolute atomic E-state index is 0.0247. The standard InChI is InChI=1S/C15H16N4O4/c1-10-4-5-11(19-8-16-17-9-19)6-12(10)18-13(15(21)23-3)7-14(20)22-2/h4-9,18H,1-3H3/b13-7+. The lowest BCUT2D eigenvalue weighted by Crippen LogP contribution is -2.16. The third kappa shape index (κ3) is 3.94. The molecule has 1 aromatic heterocycles. The number of aryl methyl sites for hydroxylation is 1. The number of methoxy groups -OCH3 is 2. The van der Waals surface area contributed by atoms with Crippen LogP contribution in [0.25, 0.3) is 5.69 Å². The highest BCUT2D eigenvalue weighted by Gasteiger charge is 2.14. The van der Waals surface area contributed by atoms with Crippen molar-refractivity contribution in [3.63, 3.8) is 0 Å². The van der Waals surface area contributed by atoms with Gasteiger partial charge in [-0.3, -0.25) is 4.57 Å².